The maximum atomic E-state index is 4.63. The monoisotopic (exact) mass is 279 g/mol. The van der Waals surface area contributed by atoms with Crippen LogP contribution in [-0.2, 0) is 6.54 Å². The van der Waals surface area contributed by atoms with E-state index in [1.807, 2.05) is 6.20 Å². The first-order valence-corrected chi connectivity index (χ1v) is 7.80. The molecule has 1 aromatic rings. The lowest BCUT2D eigenvalue weighted by atomic mass is 10.1. The number of likely N-dealkylation sites (N-methyl/N-ethyl adjacent to an activating group) is 3. The summed E-state index contributed by atoms with van der Waals surface area (Å²) in [7, 11) is 4.47. The zero-order valence-electron chi connectivity index (χ0n) is 13.3. The summed E-state index contributed by atoms with van der Waals surface area (Å²) < 4.78 is 2.26. The molecule has 1 aliphatic heterocycles. The standard InChI is InChI=1S/C15H29N5/c1-5-16-14(15-17-8-11-20(15)6-2)13-12-18(3)9-7-10-19(13)4/h8,11,13-14,16H,5-7,9-10,12H2,1-4H3. The van der Waals surface area contributed by atoms with E-state index in [0.717, 1.165) is 26.2 Å². The number of nitrogens with zero attached hydrogens (tertiary/aromatic N) is 4. The molecule has 1 saturated heterocycles. The third-order valence-electron chi connectivity index (χ3n) is 4.29. The fourth-order valence-corrected chi connectivity index (χ4v) is 3.15. The Hall–Kier alpha value is -0.910. The van der Waals surface area contributed by atoms with Crippen molar-refractivity contribution in [2.24, 2.45) is 0 Å². The SMILES string of the molecule is CCNC(c1nccn1CC)C1CN(C)CCCN1C. The van der Waals surface area contributed by atoms with Gasteiger partial charge in [-0.15, -0.1) is 0 Å². The highest BCUT2D eigenvalue weighted by Crippen LogP contribution is 2.22. The first kappa shape index (κ1) is 15.5. The van der Waals surface area contributed by atoms with Crippen molar-refractivity contribution >= 4 is 0 Å². The topological polar surface area (TPSA) is 36.3 Å². The third kappa shape index (κ3) is 3.40. The molecule has 20 heavy (non-hydrogen) atoms. The Balaban J connectivity index is 2.26. The van der Waals surface area contributed by atoms with Crippen LogP contribution in [0.15, 0.2) is 12.4 Å². The van der Waals surface area contributed by atoms with E-state index in [1.165, 1.54) is 18.8 Å². The highest BCUT2D eigenvalue weighted by atomic mass is 15.3. The van der Waals surface area contributed by atoms with Gasteiger partial charge in [-0.25, -0.2) is 4.98 Å². The minimum Gasteiger partial charge on any atom is -0.334 e. The summed E-state index contributed by atoms with van der Waals surface area (Å²) in [5.41, 5.74) is 0. The smallest absolute Gasteiger partial charge is 0.127 e. The predicted octanol–water partition coefficient (Wildman–Crippen LogP) is 1.19. The van der Waals surface area contributed by atoms with Crippen molar-refractivity contribution in [1.29, 1.82) is 0 Å². The maximum absolute atomic E-state index is 4.63. The molecule has 0 aliphatic carbocycles. The van der Waals surface area contributed by atoms with Gasteiger partial charge in [-0.2, -0.15) is 0 Å². The second-order valence-electron chi connectivity index (χ2n) is 5.77. The molecule has 1 aliphatic rings. The Morgan fingerprint density at radius 2 is 2.15 bits per heavy atom. The van der Waals surface area contributed by atoms with E-state index in [4.69, 9.17) is 0 Å². The van der Waals surface area contributed by atoms with E-state index < -0.39 is 0 Å². The van der Waals surface area contributed by atoms with Crippen LogP contribution in [0.4, 0.5) is 0 Å². The number of hydrogen-bond acceptors (Lipinski definition) is 4. The van der Waals surface area contributed by atoms with Crippen LogP contribution in [0.3, 0.4) is 0 Å². The number of aromatic nitrogens is 2. The minimum absolute atomic E-state index is 0.292. The number of nitrogens with one attached hydrogen (secondary N) is 1. The summed E-state index contributed by atoms with van der Waals surface area (Å²) in [4.78, 5) is 9.56. The van der Waals surface area contributed by atoms with Crippen molar-refractivity contribution in [2.45, 2.75) is 38.9 Å². The highest BCUT2D eigenvalue weighted by Gasteiger charge is 2.31. The first-order valence-electron chi connectivity index (χ1n) is 7.80. The van der Waals surface area contributed by atoms with Crippen LogP contribution in [0, 0.1) is 0 Å². The molecule has 0 radical (unpaired) electrons. The summed E-state index contributed by atoms with van der Waals surface area (Å²) >= 11 is 0. The van der Waals surface area contributed by atoms with Crippen LogP contribution in [0.1, 0.15) is 32.1 Å². The zero-order chi connectivity index (χ0) is 14.5. The molecule has 114 valence electrons. The molecular formula is C15H29N5. The first-order chi connectivity index (χ1) is 9.67. The van der Waals surface area contributed by atoms with Crippen LogP contribution in [0.25, 0.3) is 0 Å². The van der Waals surface area contributed by atoms with E-state index in [2.05, 4.69) is 58.8 Å². The fourth-order valence-electron chi connectivity index (χ4n) is 3.15. The molecule has 2 unspecified atom stereocenters. The second kappa shape index (κ2) is 7.20. The third-order valence-corrected chi connectivity index (χ3v) is 4.29. The molecule has 1 aromatic heterocycles. The van der Waals surface area contributed by atoms with Gasteiger partial charge in [0.15, 0.2) is 0 Å². The molecule has 2 rings (SSSR count). The fraction of sp³-hybridized carbons (Fsp3) is 0.800. The molecule has 0 saturated carbocycles. The van der Waals surface area contributed by atoms with Gasteiger partial charge < -0.3 is 19.7 Å². The molecule has 0 spiro atoms. The number of hydrogen-bond donors (Lipinski definition) is 1. The van der Waals surface area contributed by atoms with Crippen molar-refractivity contribution in [3.05, 3.63) is 18.2 Å². The lowest BCUT2D eigenvalue weighted by Crippen LogP contribution is -2.48. The number of aryl methyl sites for hydroxylation is 1. The second-order valence-corrected chi connectivity index (χ2v) is 5.77. The van der Waals surface area contributed by atoms with Crippen molar-refractivity contribution in [1.82, 2.24) is 24.7 Å². The number of rotatable bonds is 5. The van der Waals surface area contributed by atoms with E-state index >= 15 is 0 Å². The molecule has 0 aromatic carbocycles. The Labute approximate surface area is 123 Å². The average molecular weight is 279 g/mol. The zero-order valence-corrected chi connectivity index (χ0v) is 13.3. The predicted molar refractivity (Wildman–Crippen MR) is 82.9 cm³/mol. The molecule has 2 atom stereocenters. The Morgan fingerprint density at radius 3 is 2.85 bits per heavy atom. The van der Waals surface area contributed by atoms with Crippen LogP contribution >= 0.6 is 0 Å². The maximum Gasteiger partial charge on any atom is 0.127 e. The average Bonchev–Trinajstić information content (AvgIpc) is 2.83. The summed E-state index contributed by atoms with van der Waals surface area (Å²) in [5, 5.41) is 3.66. The minimum atomic E-state index is 0.292. The van der Waals surface area contributed by atoms with Gasteiger partial charge in [-0.3, -0.25) is 0 Å². The summed E-state index contributed by atoms with van der Waals surface area (Å²) in [5.74, 6) is 1.17. The van der Waals surface area contributed by atoms with Crippen molar-refractivity contribution < 1.29 is 0 Å². The van der Waals surface area contributed by atoms with Crippen LogP contribution < -0.4 is 5.32 Å². The van der Waals surface area contributed by atoms with Gasteiger partial charge in [-0.1, -0.05) is 6.92 Å². The van der Waals surface area contributed by atoms with Gasteiger partial charge in [0.2, 0.25) is 0 Å². The Bertz CT molecular complexity index is 403. The van der Waals surface area contributed by atoms with E-state index in [0.29, 0.717) is 12.1 Å². The largest absolute Gasteiger partial charge is 0.334 e. The van der Waals surface area contributed by atoms with Crippen molar-refractivity contribution in [3.63, 3.8) is 0 Å². The van der Waals surface area contributed by atoms with Crippen molar-refractivity contribution in [3.8, 4) is 0 Å². The summed E-state index contributed by atoms with van der Waals surface area (Å²) in [6, 6.07) is 0.760. The van der Waals surface area contributed by atoms with Crippen LogP contribution in [0.2, 0.25) is 0 Å². The Morgan fingerprint density at radius 1 is 1.35 bits per heavy atom. The van der Waals surface area contributed by atoms with Gasteiger partial charge in [0.05, 0.1) is 6.04 Å². The molecule has 1 N–H and O–H groups in total. The Kier molecular flexibility index (Phi) is 5.57. The van der Waals surface area contributed by atoms with E-state index in [1.54, 1.807) is 0 Å². The molecule has 5 heteroatoms. The number of imidazole rings is 1. The lowest BCUT2D eigenvalue weighted by Gasteiger charge is -2.34. The van der Waals surface area contributed by atoms with Gasteiger partial charge in [0.1, 0.15) is 5.82 Å². The molecule has 2 heterocycles. The van der Waals surface area contributed by atoms with Gasteiger partial charge in [0, 0.05) is 31.5 Å². The van der Waals surface area contributed by atoms with Gasteiger partial charge >= 0.3 is 0 Å². The normalized spacial score (nSPS) is 23.7. The summed E-state index contributed by atoms with van der Waals surface area (Å²) in [6.07, 6.45) is 5.24. The summed E-state index contributed by atoms with van der Waals surface area (Å²) in [6.45, 7) is 9.72. The molecular weight excluding hydrogens is 250 g/mol. The van der Waals surface area contributed by atoms with Gasteiger partial charge in [-0.05, 0) is 47.1 Å². The lowest BCUT2D eigenvalue weighted by molar-refractivity contribution is 0.173. The van der Waals surface area contributed by atoms with Crippen LogP contribution in [-0.4, -0.2) is 65.7 Å². The van der Waals surface area contributed by atoms with E-state index in [9.17, 15) is 0 Å². The molecule has 5 nitrogen and oxygen atoms in total. The van der Waals surface area contributed by atoms with Crippen LogP contribution in [0.5, 0.6) is 0 Å². The van der Waals surface area contributed by atoms with E-state index in [-0.39, 0.29) is 0 Å². The van der Waals surface area contributed by atoms with Crippen molar-refractivity contribution in [2.75, 3.05) is 40.3 Å². The highest BCUT2D eigenvalue weighted by molar-refractivity contribution is 5.05. The quantitative estimate of drug-likeness (QED) is 0.878. The van der Waals surface area contributed by atoms with Gasteiger partial charge in [0.25, 0.3) is 0 Å². The molecule has 0 amide bonds. The molecule has 1 fully saturated rings. The molecule has 0 bridgehead atoms.